The molecule has 1 aliphatic heterocycles. The number of aromatic nitrogens is 5. The predicted molar refractivity (Wildman–Crippen MR) is 149 cm³/mol. The molecule has 198 valence electrons. The summed E-state index contributed by atoms with van der Waals surface area (Å²) >= 11 is 0. The number of fused-ring (bicyclic) bond motifs is 1. The average Bonchev–Trinajstić information content (AvgIpc) is 3.39. The second-order valence-electron chi connectivity index (χ2n) is 10.2. The predicted octanol–water partition coefficient (Wildman–Crippen LogP) is 4.23. The fraction of sp³-hybridized carbons (Fsp3) is 0.267. The largest absolute Gasteiger partial charge is 0.369 e. The van der Waals surface area contributed by atoms with Crippen molar-refractivity contribution in [1.82, 2.24) is 30.1 Å². The third-order valence-electron chi connectivity index (χ3n) is 7.63. The van der Waals surface area contributed by atoms with Crippen LogP contribution in [0.15, 0.2) is 77.6 Å². The van der Waals surface area contributed by atoms with Crippen LogP contribution in [0.25, 0.3) is 10.9 Å². The third-order valence-corrected chi connectivity index (χ3v) is 7.63. The Balaban J connectivity index is 1.39. The Labute approximate surface area is 225 Å². The highest BCUT2D eigenvalue weighted by Gasteiger charge is 2.33. The zero-order valence-corrected chi connectivity index (χ0v) is 22.0. The number of tetrazole rings is 1. The van der Waals surface area contributed by atoms with Crippen LogP contribution >= 0.6 is 0 Å². The molecule has 0 spiro atoms. The Morgan fingerprint density at radius 3 is 2.38 bits per heavy atom. The van der Waals surface area contributed by atoms with Gasteiger partial charge in [0.05, 0.1) is 6.54 Å². The van der Waals surface area contributed by atoms with E-state index < -0.39 is 6.04 Å². The molecular weight excluding hydrogens is 493 g/mol. The van der Waals surface area contributed by atoms with Gasteiger partial charge in [0.1, 0.15) is 11.9 Å². The van der Waals surface area contributed by atoms with E-state index in [9.17, 15) is 9.18 Å². The van der Waals surface area contributed by atoms with Gasteiger partial charge < -0.3 is 9.88 Å². The molecule has 5 aromatic rings. The summed E-state index contributed by atoms with van der Waals surface area (Å²) in [4.78, 5) is 21.2. The van der Waals surface area contributed by atoms with Gasteiger partial charge in [0.15, 0.2) is 5.82 Å². The van der Waals surface area contributed by atoms with Crippen LogP contribution in [0, 0.1) is 19.7 Å². The van der Waals surface area contributed by atoms with Crippen LogP contribution in [0.3, 0.4) is 0 Å². The van der Waals surface area contributed by atoms with Crippen LogP contribution in [-0.4, -0.2) is 56.3 Å². The number of aryl methyl sites for hydroxylation is 2. The zero-order chi connectivity index (χ0) is 26.9. The number of aromatic amines is 1. The topological polar surface area (TPSA) is 82.9 Å². The molecule has 1 aliphatic rings. The van der Waals surface area contributed by atoms with E-state index in [1.54, 1.807) is 16.8 Å². The van der Waals surface area contributed by atoms with E-state index in [0.29, 0.717) is 31.0 Å². The summed E-state index contributed by atoms with van der Waals surface area (Å²) in [6, 6.07) is 22.3. The lowest BCUT2D eigenvalue weighted by atomic mass is 10.00. The van der Waals surface area contributed by atoms with Crippen LogP contribution in [-0.2, 0) is 6.54 Å². The molecule has 1 saturated heterocycles. The van der Waals surface area contributed by atoms with E-state index >= 15 is 0 Å². The summed E-state index contributed by atoms with van der Waals surface area (Å²) in [7, 11) is 0. The standard InChI is InChI=1S/C30H30FN7O/c1-20-16-23-18-26(30(39)32-27(23)17-21(20)2)28(29-33-34-35-38(29)19-22-6-4-3-5-7-22)37-14-12-36(13-15-37)25-10-8-24(31)9-11-25/h3-11,16-18,28H,12-15,19H2,1-2H3,(H,32,39). The number of nitrogens with zero attached hydrogens (tertiary/aromatic N) is 6. The number of benzene rings is 3. The van der Waals surface area contributed by atoms with Gasteiger partial charge in [0.25, 0.3) is 5.56 Å². The Morgan fingerprint density at radius 1 is 0.923 bits per heavy atom. The van der Waals surface area contributed by atoms with Crippen molar-refractivity contribution in [3.63, 3.8) is 0 Å². The molecule has 3 aromatic carbocycles. The molecule has 0 amide bonds. The molecule has 0 radical (unpaired) electrons. The Morgan fingerprint density at radius 2 is 1.64 bits per heavy atom. The lowest BCUT2D eigenvalue weighted by Gasteiger charge is -2.39. The summed E-state index contributed by atoms with van der Waals surface area (Å²) in [5.74, 6) is 0.381. The smallest absolute Gasteiger partial charge is 0.253 e. The quantitative estimate of drug-likeness (QED) is 0.359. The van der Waals surface area contributed by atoms with E-state index in [2.05, 4.69) is 43.3 Å². The fourth-order valence-corrected chi connectivity index (χ4v) is 5.36. The first-order valence-corrected chi connectivity index (χ1v) is 13.1. The molecule has 39 heavy (non-hydrogen) atoms. The maximum absolute atomic E-state index is 13.6. The van der Waals surface area contributed by atoms with Crippen molar-refractivity contribution in [2.75, 3.05) is 31.1 Å². The number of rotatable bonds is 6. The summed E-state index contributed by atoms with van der Waals surface area (Å²) in [6.07, 6.45) is 0. The number of H-pyrrole nitrogens is 1. The van der Waals surface area contributed by atoms with Crippen LogP contribution in [0.2, 0.25) is 0 Å². The third kappa shape index (κ3) is 5.05. The molecule has 1 unspecified atom stereocenters. The Bertz CT molecular complexity index is 1660. The zero-order valence-electron chi connectivity index (χ0n) is 22.0. The molecule has 3 heterocycles. The normalized spacial score (nSPS) is 15.1. The minimum absolute atomic E-state index is 0.147. The van der Waals surface area contributed by atoms with Crippen LogP contribution < -0.4 is 10.5 Å². The van der Waals surface area contributed by atoms with Crippen molar-refractivity contribution < 1.29 is 4.39 Å². The highest BCUT2D eigenvalue weighted by molar-refractivity contribution is 5.81. The summed E-state index contributed by atoms with van der Waals surface area (Å²) in [5, 5.41) is 13.8. The first kappa shape index (κ1) is 24.9. The van der Waals surface area contributed by atoms with Gasteiger partial charge in [-0.3, -0.25) is 9.69 Å². The molecule has 9 heteroatoms. The van der Waals surface area contributed by atoms with Gasteiger partial charge in [-0.25, -0.2) is 9.07 Å². The van der Waals surface area contributed by atoms with E-state index in [4.69, 9.17) is 0 Å². The van der Waals surface area contributed by atoms with Gasteiger partial charge in [0, 0.05) is 42.9 Å². The van der Waals surface area contributed by atoms with Gasteiger partial charge in [0.2, 0.25) is 0 Å². The monoisotopic (exact) mass is 523 g/mol. The number of piperazine rings is 1. The molecule has 8 nitrogen and oxygen atoms in total. The molecular formula is C30H30FN7O. The Hall–Kier alpha value is -4.37. The van der Waals surface area contributed by atoms with Crippen molar-refractivity contribution in [2.24, 2.45) is 0 Å². The minimum Gasteiger partial charge on any atom is -0.369 e. The number of pyridine rings is 1. The molecule has 1 fully saturated rings. The number of hydrogen-bond donors (Lipinski definition) is 1. The SMILES string of the molecule is Cc1cc2cc(C(c3nnnn3Cc3ccccc3)N3CCN(c4ccc(F)cc4)CC3)c(=O)[nH]c2cc1C. The lowest BCUT2D eigenvalue weighted by Crippen LogP contribution is -2.49. The van der Waals surface area contributed by atoms with Crippen LogP contribution in [0.5, 0.6) is 0 Å². The van der Waals surface area contributed by atoms with Crippen LogP contribution in [0.1, 0.15) is 34.1 Å². The fourth-order valence-electron chi connectivity index (χ4n) is 5.36. The lowest BCUT2D eigenvalue weighted by molar-refractivity contribution is 0.200. The van der Waals surface area contributed by atoms with Gasteiger partial charge in [-0.05, 0) is 88.8 Å². The van der Waals surface area contributed by atoms with Crippen LogP contribution in [0.4, 0.5) is 10.1 Å². The number of hydrogen-bond acceptors (Lipinski definition) is 6. The number of anilines is 1. The van der Waals surface area contributed by atoms with Crippen molar-refractivity contribution in [1.29, 1.82) is 0 Å². The summed E-state index contributed by atoms with van der Waals surface area (Å²) in [5.41, 5.74) is 5.64. The van der Waals surface area contributed by atoms with Gasteiger partial charge in [-0.15, -0.1) is 5.10 Å². The molecule has 0 bridgehead atoms. The molecule has 6 rings (SSSR count). The molecule has 1 atom stereocenters. The number of halogens is 1. The second kappa shape index (κ2) is 10.4. The average molecular weight is 524 g/mol. The van der Waals surface area contributed by atoms with Crippen molar-refractivity contribution in [3.05, 3.63) is 117 Å². The molecule has 0 saturated carbocycles. The summed E-state index contributed by atoms with van der Waals surface area (Å²) in [6.45, 7) is 7.45. The van der Waals surface area contributed by atoms with E-state index in [1.165, 1.54) is 17.7 Å². The van der Waals surface area contributed by atoms with Crippen molar-refractivity contribution in [2.45, 2.75) is 26.4 Å². The van der Waals surface area contributed by atoms with Gasteiger partial charge in [-0.1, -0.05) is 30.3 Å². The molecule has 1 N–H and O–H groups in total. The Kier molecular flexibility index (Phi) is 6.66. The molecule has 2 aromatic heterocycles. The van der Waals surface area contributed by atoms with Gasteiger partial charge >= 0.3 is 0 Å². The minimum atomic E-state index is -0.436. The summed E-state index contributed by atoms with van der Waals surface area (Å²) < 4.78 is 15.3. The first-order chi connectivity index (χ1) is 19.0. The maximum atomic E-state index is 13.6. The maximum Gasteiger partial charge on any atom is 0.253 e. The first-order valence-electron chi connectivity index (χ1n) is 13.1. The van der Waals surface area contributed by atoms with E-state index in [-0.39, 0.29) is 11.4 Å². The van der Waals surface area contributed by atoms with E-state index in [1.807, 2.05) is 49.4 Å². The second-order valence-corrected chi connectivity index (χ2v) is 10.2. The highest BCUT2D eigenvalue weighted by atomic mass is 19.1. The highest BCUT2D eigenvalue weighted by Crippen LogP contribution is 2.30. The van der Waals surface area contributed by atoms with Gasteiger partial charge in [-0.2, -0.15) is 0 Å². The van der Waals surface area contributed by atoms with Crippen molar-refractivity contribution >= 4 is 16.6 Å². The molecule has 0 aliphatic carbocycles. The number of nitrogens with one attached hydrogen (secondary N) is 1. The van der Waals surface area contributed by atoms with Crippen molar-refractivity contribution in [3.8, 4) is 0 Å². The van der Waals surface area contributed by atoms with E-state index in [0.717, 1.165) is 40.8 Å².